The summed E-state index contributed by atoms with van der Waals surface area (Å²) in [6, 6.07) is 1.40. The fourth-order valence-electron chi connectivity index (χ4n) is 1.88. The van der Waals surface area contributed by atoms with Crippen molar-refractivity contribution in [2.45, 2.75) is 6.92 Å². The molecule has 1 aromatic carbocycles. The molecule has 0 aromatic heterocycles. The second kappa shape index (κ2) is 4.65. The standard InChI is InChI=1S/C13H12F3N/c1-2-17-6-4-3-5-12(17)13-10(15)7-9(14)8-11(13)16/h3-5,7-8H,2,6H2,1H3. The van der Waals surface area contributed by atoms with E-state index >= 15 is 0 Å². The van der Waals surface area contributed by atoms with Crippen molar-refractivity contribution in [1.29, 1.82) is 0 Å². The van der Waals surface area contributed by atoms with Gasteiger partial charge in [0, 0.05) is 25.2 Å². The number of allylic oxidation sites excluding steroid dienone is 2. The smallest absolute Gasteiger partial charge is 0.138 e. The van der Waals surface area contributed by atoms with Crippen molar-refractivity contribution >= 4 is 5.70 Å². The van der Waals surface area contributed by atoms with Gasteiger partial charge in [0.2, 0.25) is 0 Å². The van der Waals surface area contributed by atoms with Gasteiger partial charge in [-0.3, -0.25) is 0 Å². The van der Waals surface area contributed by atoms with E-state index in [2.05, 4.69) is 0 Å². The highest BCUT2D eigenvalue weighted by molar-refractivity contribution is 5.67. The highest BCUT2D eigenvalue weighted by Crippen LogP contribution is 2.27. The molecule has 1 aliphatic rings. The van der Waals surface area contributed by atoms with Crippen LogP contribution in [0.15, 0.2) is 30.4 Å². The summed E-state index contributed by atoms with van der Waals surface area (Å²) in [7, 11) is 0. The topological polar surface area (TPSA) is 3.24 Å². The number of hydrogen-bond donors (Lipinski definition) is 0. The highest BCUT2D eigenvalue weighted by atomic mass is 19.1. The molecular weight excluding hydrogens is 227 g/mol. The second-order valence-corrected chi connectivity index (χ2v) is 3.76. The molecule has 1 aromatic rings. The first-order chi connectivity index (χ1) is 8.13. The summed E-state index contributed by atoms with van der Waals surface area (Å²) in [6.07, 6.45) is 5.27. The first-order valence-corrected chi connectivity index (χ1v) is 5.40. The molecule has 0 aliphatic carbocycles. The maximum atomic E-state index is 13.6. The predicted molar refractivity (Wildman–Crippen MR) is 60.7 cm³/mol. The van der Waals surface area contributed by atoms with E-state index < -0.39 is 17.5 Å². The zero-order valence-corrected chi connectivity index (χ0v) is 9.38. The molecule has 0 saturated heterocycles. The van der Waals surface area contributed by atoms with Gasteiger partial charge in [0.1, 0.15) is 17.5 Å². The Kier molecular flexibility index (Phi) is 3.22. The minimum atomic E-state index is -0.904. The maximum absolute atomic E-state index is 13.6. The molecule has 1 aliphatic heterocycles. The zero-order chi connectivity index (χ0) is 12.4. The minimum absolute atomic E-state index is 0.169. The molecule has 17 heavy (non-hydrogen) atoms. The van der Waals surface area contributed by atoms with E-state index in [0.29, 0.717) is 30.9 Å². The number of halogens is 3. The van der Waals surface area contributed by atoms with Crippen LogP contribution in [-0.2, 0) is 0 Å². The van der Waals surface area contributed by atoms with E-state index in [1.807, 2.05) is 17.9 Å². The average Bonchev–Trinajstić information content (AvgIpc) is 2.28. The van der Waals surface area contributed by atoms with Gasteiger partial charge in [-0.15, -0.1) is 0 Å². The van der Waals surface area contributed by atoms with Crippen molar-refractivity contribution in [3.8, 4) is 0 Å². The molecule has 4 heteroatoms. The molecule has 1 nitrogen and oxygen atoms in total. The largest absolute Gasteiger partial charge is 0.367 e. The third kappa shape index (κ3) is 2.20. The molecule has 1 heterocycles. The van der Waals surface area contributed by atoms with E-state index in [1.54, 1.807) is 12.2 Å². The van der Waals surface area contributed by atoms with E-state index in [1.165, 1.54) is 0 Å². The third-order valence-electron chi connectivity index (χ3n) is 2.70. The van der Waals surface area contributed by atoms with Gasteiger partial charge in [-0.25, -0.2) is 13.2 Å². The van der Waals surface area contributed by atoms with E-state index in [0.717, 1.165) is 0 Å². The first-order valence-electron chi connectivity index (χ1n) is 5.40. The van der Waals surface area contributed by atoms with Crippen LogP contribution < -0.4 is 0 Å². The summed E-state index contributed by atoms with van der Waals surface area (Å²) in [5.41, 5.74) is 0.280. The molecule has 0 bridgehead atoms. The normalized spacial score (nSPS) is 15.1. The minimum Gasteiger partial charge on any atom is -0.367 e. The van der Waals surface area contributed by atoms with E-state index in [-0.39, 0.29) is 5.56 Å². The van der Waals surface area contributed by atoms with Crippen LogP contribution in [0.25, 0.3) is 5.70 Å². The van der Waals surface area contributed by atoms with Gasteiger partial charge in [0.25, 0.3) is 0 Å². The van der Waals surface area contributed by atoms with Gasteiger partial charge >= 0.3 is 0 Å². The number of likely N-dealkylation sites (N-methyl/N-ethyl adjacent to an activating group) is 1. The van der Waals surface area contributed by atoms with Crippen molar-refractivity contribution in [3.05, 3.63) is 53.4 Å². The van der Waals surface area contributed by atoms with Crippen LogP contribution >= 0.6 is 0 Å². The highest BCUT2D eigenvalue weighted by Gasteiger charge is 2.20. The molecule has 90 valence electrons. The number of benzene rings is 1. The van der Waals surface area contributed by atoms with Crippen LogP contribution in [0, 0.1) is 17.5 Å². The van der Waals surface area contributed by atoms with Gasteiger partial charge in [-0.2, -0.15) is 0 Å². The van der Waals surface area contributed by atoms with Gasteiger partial charge in [0.05, 0.1) is 11.3 Å². The first kappa shape index (κ1) is 11.8. The van der Waals surface area contributed by atoms with Crippen molar-refractivity contribution in [2.75, 3.05) is 13.1 Å². The Hall–Kier alpha value is -1.71. The molecule has 2 rings (SSSR count). The molecule has 0 unspecified atom stereocenters. The summed E-state index contributed by atoms with van der Waals surface area (Å²) in [5.74, 6) is -2.65. The molecule has 0 saturated carbocycles. The lowest BCUT2D eigenvalue weighted by molar-refractivity contribution is 0.448. The van der Waals surface area contributed by atoms with Crippen LogP contribution in [-0.4, -0.2) is 18.0 Å². The van der Waals surface area contributed by atoms with Gasteiger partial charge < -0.3 is 4.90 Å². The van der Waals surface area contributed by atoms with Crippen LogP contribution in [0.1, 0.15) is 12.5 Å². The Bertz CT molecular complexity index is 468. The third-order valence-corrected chi connectivity index (χ3v) is 2.70. The molecule has 0 atom stereocenters. The van der Waals surface area contributed by atoms with Gasteiger partial charge in [-0.1, -0.05) is 12.2 Å². The summed E-state index contributed by atoms with van der Waals surface area (Å²) >= 11 is 0. The quantitative estimate of drug-likeness (QED) is 0.765. The van der Waals surface area contributed by atoms with Crippen LogP contribution in [0.4, 0.5) is 13.2 Å². The summed E-state index contributed by atoms with van der Waals surface area (Å²) in [4.78, 5) is 1.82. The monoisotopic (exact) mass is 239 g/mol. The van der Waals surface area contributed by atoms with Crippen molar-refractivity contribution in [1.82, 2.24) is 4.90 Å². The van der Waals surface area contributed by atoms with Crippen molar-refractivity contribution < 1.29 is 13.2 Å². The molecule has 0 fully saturated rings. The maximum Gasteiger partial charge on any atom is 0.138 e. The summed E-state index contributed by atoms with van der Waals surface area (Å²) in [6.45, 7) is 3.12. The number of rotatable bonds is 2. The zero-order valence-electron chi connectivity index (χ0n) is 9.38. The van der Waals surface area contributed by atoms with Crippen LogP contribution in [0.5, 0.6) is 0 Å². The Labute approximate surface area is 97.9 Å². The van der Waals surface area contributed by atoms with Crippen LogP contribution in [0.2, 0.25) is 0 Å². The van der Waals surface area contributed by atoms with Crippen LogP contribution in [0.3, 0.4) is 0 Å². The summed E-state index contributed by atoms with van der Waals surface area (Å²) < 4.78 is 40.1. The fourth-order valence-corrected chi connectivity index (χ4v) is 1.88. The number of nitrogens with zero attached hydrogens (tertiary/aromatic N) is 1. The van der Waals surface area contributed by atoms with E-state index in [4.69, 9.17) is 0 Å². The Morgan fingerprint density at radius 1 is 1.18 bits per heavy atom. The molecular formula is C13H12F3N. The summed E-state index contributed by atoms with van der Waals surface area (Å²) in [5, 5.41) is 0. The van der Waals surface area contributed by atoms with Gasteiger partial charge in [-0.05, 0) is 13.0 Å². The Balaban J connectivity index is 2.53. The lowest BCUT2D eigenvalue weighted by atomic mass is 10.1. The lowest BCUT2D eigenvalue weighted by Crippen LogP contribution is -2.24. The average molecular weight is 239 g/mol. The van der Waals surface area contributed by atoms with Crippen molar-refractivity contribution in [3.63, 3.8) is 0 Å². The van der Waals surface area contributed by atoms with Crippen molar-refractivity contribution in [2.24, 2.45) is 0 Å². The Morgan fingerprint density at radius 3 is 2.41 bits per heavy atom. The molecule has 0 spiro atoms. The lowest BCUT2D eigenvalue weighted by Gasteiger charge is -2.27. The Morgan fingerprint density at radius 2 is 1.82 bits per heavy atom. The van der Waals surface area contributed by atoms with E-state index in [9.17, 15) is 13.2 Å². The fraction of sp³-hybridized carbons (Fsp3) is 0.231. The predicted octanol–water partition coefficient (Wildman–Crippen LogP) is 3.34. The number of hydrogen-bond acceptors (Lipinski definition) is 1. The second-order valence-electron chi connectivity index (χ2n) is 3.76. The van der Waals surface area contributed by atoms with Gasteiger partial charge in [0.15, 0.2) is 0 Å². The molecule has 0 radical (unpaired) electrons. The molecule has 0 amide bonds. The SMILES string of the molecule is CCN1CC=CC=C1c1c(F)cc(F)cc1F. The molecule has 0 N–H and O–H groups in total.